The highest BCUT2D eigenvalue weighted by atomic mass is 28.4. The molecule has 0 saturated heterocycles. The van der Waals surface area contributed by atoms with Gasteiger partial charge in [0.2, 0.25) is 0 Å². The maximum absolute atomic E-state index is 5.53. The molecule has 0 radical (unpaired) electrons. The van der Waals surface area contributed by atoms with Gasteiger partial charge < -0.3 is 8.99 Å². The van der Waals surface area contributed by atoms with Crippen molar-refractivity contribution >= 4 is 16.6 Å². The van der Waals surface area contributed by atoms with E-state index in [4.69, 9.17) is 4.43 Å². The maximum Gasteiger partial charge on any atom is 0.187 e. The van der Waals surface area contributed by atoms with Gasteiger partial charge in [0.05, 0.1) is 0 Å². The van der Waals surface area contributed by atoms with Gasteiger partial charge in [0.15, 0.2) is 8.32 Å². The molecule has 0 unspecified atom stereocenters. The standard InChI is InChI=1S/C9H25NOSi2/c1-10(12(3,4)5)8-9-13(6,7)11-2/h8-9H2,1-7H3. The molecule has 0 spiro atoms. The molecule has 0 fully saturated rings. The first-order valence-corrected chi connectivity index (χ1v) is 11.5. The molecule has 0 aromatic carbocycles. The third-order valence-corrected chi connectivity index (χ3v) is 7.79. The van der Waals surface area contributed by atoms with Crippen LogP contribution in [-0.4, -0.2) is 41.8 Å². The van der Waals surface area contributed by atoms with Crippen LogP contribution in [0.3, 0.4) is 0 Å². The van der Waals surface area contributed by atoms with Gasteiger partial charge in [0.25, 0.3) is 0 Å². The van der Waals surface area contributed by atoms with E-state index in [2.05, 4.69) is 44.3 Å². The Morgan fingerprint density at radius 2 is 1.54 bits per heavy atom. The van der Waals surface area contributed by atoms with E-state index in [1.807, 2.05) is 7.11 Å². The maximum atomic E-state index is 5.53. The van der Waals surface area contributed by atoms with Crippen LogP contribution in [0.2, 0.25) is 38.8 Å². The first kappa shape index (κ1) is 13.4. The molecule has 0 aliphatic rings. The Kier molecular flexibility index (Phi) is 4.86. The summed E-state index contributed by atoms with van der Waals surface area (Å²) in [5.41, 5.74) is 0. The van der Waals surface area contributed by atoms with Crippen molar-refractivity contribution in [3.05, 3.63) is 0 Å². The second kappa shape index (κ2) is 4.73. The van der Waals surface area contributed by atoms with Crippen molar-refractivity contribution in [3.8, 4) is 0 Å². The van der Waals surface area contributed by atoms with E-state index in [9.17, 15) is 0 Å². The van der Waals surface area contributed by atoms with Crippen molar-refractivity contribution < 1.29 is 4.43 Å². The quantitative estimate of drug-likeness (QED) is 0.659. The van der Waals surface area contributed by atoms with Crippen LogP contribution in [0.4, 0.5) is 0 Å². The minimum absolute atomic E-state index is 1.07. The van der Waals surface area contributed by atoms with Gasteiger partial charge in [0.1, 0.15) is 8.24 Å². The minimum Gasteiger partial charge on any atom is -0.420 e. The summed E-state index contributed by atoms with van der Waals surface area (Å²) in [6.45, 7) is 12.9. The number of hydrogen-bond acceptors (Lipinski definition) is 2. The molecule has 80 valence electrons. The summed E-state index contributed by atoms with van der Waals surface area (Å²) in [6, 6.07) is 1.24. The lowest BCUT2D eigenvalue weighted by Crippen LogP contribution is -2.45. The summed E-state index contributed by atoms with van der Waals surface area (Å²) in [5, 5.41) is 0. The van der Waals surface area contributed by atoms with Gasteiger partial charge in [-0.05, 0) is 32.7 Å². The molecule has 4 heteroatoms. The van der Waals surface area contributed by atoms with Crippen LogP contribution in [0.5, 0.6) is 0 Å². The molecule has 13 heavy (non-hydrogen) atoms. The van der Waals surface area contributed by atoms with Crippen molar-refractivity contribution in [1.29, 1.82) is 0 Å². The molecular weight excluding hydrogens is 194 g/mol. The lowest BCUT2D eigenvalue weighted by atomic mass is 10.8. The normalized spacial score (nSPS) is 13.8. The summed E-state index contributed by atoms with van der Waals surface area (Å²) < 4.78 is 8.06. The van der Waals surface area contributed by atoms with Crippen molar-refractivity contribution in [1.82, 2.24) is 4.57 Å². The van der Waals surface area contributed by atoms with Gasteiger partial charge in [-0.2, -0.15) is 0 Å². The van der Waals surface area contributed by atoms with Gasteiger partial charge >= 0.3 is 0 Å². The summed E-state index contributed by atoms with van der Waals surface area (Å²) in [6.07, 6.45) is 0. The van der Waals surface area contributed by atoms with Gasteiger partial charge in [-0.1, -0.05) is 19.6 Å². The molecule has 0 aliphatic heterocycles. The highest BCUT2D eigenvalue weighted by molar-refractivity contribution is 6.74. The molecule has 0 bridgehead atoms. The molecule has 0 heterocycles. The van der Waals surface area contributed by atoms with Crippen molar-refractivity contribution in [2.24, 2.45) is 0 Å². The predicted octanol–water partition coefficient (Wildman–Crippen LogP) is 2.60. The second-order valence-corrected chi connectivity index (χ2v) is 14.8. The Morgan fingerprint density at radius 1 is 1.08 bits per heavy atom. The summed E-state index contributed by atoms with van der Waals surface area (Å²) in [5.74, 6) is 0. The van der Waals surface area contributed by atoms with E-state index in [0.29, 0.717) is 0 Å². The summed E-state index contributed by atoms with van der Waals surface area (Å²) in [7, 11) is 1.68. The van der Waals surface area contributed by atoms with Gasteiger partial charge in [-0.3, -0.25) is 0 Å². The summed E-state index contributed by atoms with van der Waals surface area (Å²) >= 11 is 0. The zero-order chi connectivity index (χ0) is 10.7. The third-order valence-electron chi connectivity index (χ3n) is 2.75. The Morgan fingerprint density at radius 3 is 1.85 bits per heavy atom. The van der Waals surface area contributed by atoms with Crippen LogP contribution in [0, 0.1) is 0 Å². The van der Waals surface area contributed by atoms with E-state index in [-0.39, 0.29) is 0 Å². The van der Waals surface area contributed by atoms with Crippen LogP contribution >= 0.6 is 0 Å². The molecule has 2 nitrogen and oxygen atoms in total. The van der Waals surface area contributed by atoms with Crippen LogP contribution in [0.1, 0.15) is 0 Å². The predicted molar refractivity (Wildman–Crippen MR) is 65.3 cm³/mol. The molecule has 0 saturated carbocycles. The zero-order valence-electron chi connectivity index (χ0n) is 10.3. The Labute approximate surface area is 85.5 Å². The third kappa shape index (κ3) is 5.62. The van der Waals surface area contributed by atoms with Gasteiger partial charge in [0, 0.05) is 7.11 Å². The largest absolute Gasteiger partial charge is 0.420 e. The average Bonchev–Trinajstić information content (AvgIpc) is 1.98. The number of rotatable bonds is 5. The lowest BCUT2D eigenvalue weighted by molar-refractivity contribution is 0.395. The van der Waals surface area contributed by atoms with Gasteiger partial charge in [-0.15, -0.1) is 0 Å². The number of nitrogens with zero attached hydrogens (tertiary/aromatic N) is 1. The Balaban J connectivity index is 3.90. The zero-order valence-corrected chi connectivity index (χ0v) is 12.3. The first-order chi connectivity index (χ1) is 5.69. The molecule has 0 aromatic heterocycles. The van der Waals surface area contributed by atoms with Crippen molar-refractivity contribution in [2.75, 3.05) is 20.7 Å². The fraction of sp³-hybridized carbons (Fsp3) is 1.00. The smallest absolute Gasteiger partial charge is 0.187 e. The molecular formula is C9H25NOSi2. The minimum atomic E-state index is -1.34. The molecule has 0 aromatic rings. The van der Waals surface area contributed by atoms with E-state index >= 15 is 0 Å². The van der Waals surface area contributed by atoms with Crippen LogP contribution in [0.15, 0.2) is 0 Å². The highest BCUT2D eigenvalue weighted by Crippen LogP contribution is 2.13. The van der Waals surface area contributed by atoms with Crippen LogP contribution < -0.4 is 0 Å². The molecule has 0 rings (SSSR count). The van der Waals surface area contributed by atoms with Crippen molar-refractivity contribution in [3.63, 3.8) is 0 Å². The molecule has 0 atom stereocenters. The van der Waals surface area contributed by atoms with Crippen molar-refractivity contribution in [2.45, 2.75) is 38.8 Å². The second-order valence-electron chi connectivity index (χ2n) is 5.31. The monoisotopic (exact) mass is 219 g/mol. The van der Waals surface area contributed by atoms with E-state index in [1.165, 1.54) is 12.6 Å². The van der Waals surface area contributed by atoms with E-state index in [1.54, 1.807) is 0 Å². The molecule has 0 amide bonds. The lowest BCUT2D eigenvalue weighted by Gasteiger charge is -2.32. The fourth-order valence-electron chi connectivity index (χ4n) is 0.874. The van der Waals surface area contributed by atoms with Gasteiger partial charge in [-0.25, -0.2) is 0 Å². The Hall–Kier alpha value is 0.354. The topological polar surface area (TPSA) is 12.5 Å². The highest BCUT2D eigenvalue weighted by Gasteiger charge is 2.25. The SMILES string of the molecule is CO[Si](C)(C)CCN(C)[Si](C)(C)C. The van der Waals surface area contributed by atoms with Crippen LogP contribution in [-0.2, 0) is 4.43 Å². The average molecular weight is 219 g/mol. The molecule has 0 aliphatic carbocycles. The first-order valence-electron chi connectivity index (χ1n) is 4.95. The number of hydrogen-bond donors (Lipinski definition) is 0. The summed E-state index contributed by atoms with van der Waals surface area (Å²) in [4.78, 5) is 0. The van der Waals surface area contributed by atoms with Crippen LogP contribution in [0.25, 0.3) is 0 Å². The van der Waals surface area contributed by atoms with E-state index in [0.717, 1.165) is 0 Å². The fourth-order valence-corrected chi connectivity index (χ4v) is 2.96. The Bertz CT molecular complexity index is 154. The molecule has 0 N–H and O–H groups in total. The van der Waals surface area contributed by atoms with E-state index < -0.39 is 16.6 Å².